The topological polar surface area (TPSA) is 184 Å². The molecular formula is C43H49Cl2N11O4. The molecule has 1 saturated heterocycles. The Hall–Kier alpha value is -5.51. The number of nitrogens with two attached hydrogens (primary N) is 2. The second kappa shape index (κ2) is 16.9. The summed E-state index contributed by atoms with van der Waals surface area (Å²) in [7, 11) is 1.64. The molecule has 1 fully saturated rings. The van der Waals surface area contributed by atoms with Gasteiger partial charge >= 0.3 is 5.97 Å². The van der Waals surface area contributed by atoms with Crippen LogP contribution < -0.4 is 30.7 Å². The summed E-state index contributed by atoms with van der Waals surface area (Å²) in [4.78, 5) is 47.4. The molecular weight excluding hydrogens is 805 g/mol. The number of likely N-dealkylation sites (tertiary alicyclic amines) is 1. The molecule has 5 aromatic rings. The number of halogens is 2. The molecule has 314 valence electrons. The zero-order chi connectivity index (χ0) is 42.3. The molecule has 17 heteroatoms. The van der Waals surface area contributed by atoms with E-state index in [2.05, 4.69) is 54.0 Å². The maximum Gasteiger partial charge on any atom is 0.309 e. The van der Waals surface area contributed by atoms with E-state index < -0.39 is 5.97 Å². The van der Waals surface area contributed by atoms with Crippen molar-refractivity contribution in [1.29, 1.82) is 0 Å². The monoisotopic (exact) mass is 853 g/mol. The molecule has 0 amide bonds. The molecule has 1 atom stereocenters. The van der Waals surface area contributed by atoms with Crippen molar-refractivity contribution in [2.45, 2.75) is 77.9 Å². The molecule has 4 aromatic heterocycles. The third kappa shape index (κ3) is 8.05. The molecule has 4 N–H and O–H groups in total. The fraction of sp³-hybridized carbons (Fsp3) is 0.419. The lowest BCUT2D eigenvalue weighted by Gasteiger charge is -2.40. The molecule has 7 heterocycles. The summed E-state index contributed by atoms with van der Waals surface area (Å²) >= 11 is 13.5. The van der Waals surface area contributed by atoms with Crippen molar-refractivity contribution >= 4 is 52.7 Å². The normalized spacial score (nSPS) is 16.9. The molecule has 8 rings (SSSR count). The fourth-order valence-electron chi connectivity index (χ4n) is 9.10. The molecule has 15 nitrogen and oxygen atoms in total. The predicted molar refractivity (Wildman–Crippen MR) is 231 cm³/mol. The number of carbonyl (C=O) groups is 1. The summed E-state index contributed by atoms with van der Waals surface area (Å²) in [6.07, 6.45) is 5.40. The number of nitrogens with zero attached hydrogens (tertiary/aromatic N) is 9. The van der Waals surface area contributed by atoms with E-state index in [-0.39, 0.29) is 41.6 Å². The van der Waals surface area contributed by atoms with Crippen LogP contribution in [0.25, 0.3) is 0 Å². The van der Waals surface area contributed by atoms with E-state index in [1.54, 1.807) is 19.5 Å². The Morgan fingerprint density at radius 2 is 1.43 bits per heavy atom. The Morgan fingerprint density at radius 1 is 0.817 bits per heavy atom. The van der Waals surface area contributed by atoms with Crippen molar-refractivity contribution in [3.8, 4) is 11.5 Å². The van der Waals surface area contributed by atoms with E-state index in [0.29, 0.717) is 48.5 Å². The van der Waals surface area contributed by atoms with Crippen molar-refractivity contribution in [2.24, 2.45) is 0 Å². The maximum atomic E-state index is 13.4. The van der Waals surface area contributed by atoms with Gasteiger partial charge in [0.25, 0.3) is 0 Å². The van der Waals surface area contributed by atoms with E-state index >= 15 is 0 Å². The van der Waals surface area contributed by atoms with E-state index in [9.17, 15) is 4.79 Å². The number of aryl methyl sites for hydroxylation is 2. The highest BCUT2D eigenvalue weighted by Crippen LogP contribution is 2.50. The average molecular weight is 855 g/mol. The molecule has 60 heavy (non-hydrogen) atoms. The first-order chi connectivity index (χ1) is 28.8. The standard InChI is InChI=1S/C43H49Cl2N11O4/c1-24-16-48-30(26(3)35(24)58-5)20-55-19-29(33-37(44)50-41(46)52-39(33)55)15-32(57)59-23-60-36-25(2)17-49-31(27(36)4)21-56-22-43(34-38(45)51-42(47)53-40(34)56)11-13-54(14-12-43)18-28-9-7-6-8-10-28/h6-10,16-17,29H,11-15,18-23H2,1-5H3,(H2,46,50,52)(H2,47,51,53). The Balaban J connectivity index is 0.928. The number of methoxy groups -OCH3 is 1. The summed E-state index contributed by atoms with van der Waals surface area (Å²) in [5.74, 6) is 2.05. The van der Waals surface area contributed by atoms with E-state index in [0.717, 1.165) is 83.2 Å². The maximum absolute atomic E-state index is 13.4. The number of benzene rings is 1. The minimum Gasteiger partial charge on any atom is -0.496 e. The van der Waals surface area contributed by atoms with Crippen LogP contribution in [0, 0.1) is 27.7 Å². The number of carbonyl (C=O) groups excluding carboxylic acids is 1. The highest BCUT2D eigenvalue weighted by Gasteiger charge is 2.48. The van der Waals surface area contributed by atoms with Gasteiger partial charge in [-0.05, 0) is 59.2 Å². The van der Waals surface area contributed by atoms with Crippen LogP contribution in [0.3, 0.4) is 0 Å². The first-order valence-electron chi connectivity index (χ1n) is 20.0. The number of rotatable bonds is 12. The van der Waals surface area contributed by atoms with Gasteiger partial charge in [0.05, 0.1) is 38.0 Å². The van der Waals surface area contributed by atoms with Crippen LogP contribution in [0.2, 0.25) is 10.3 Å². The van der Waals surface area contributed by atoms with Gasteiger partial charge in [-0.25, -0.2) is 9.97 Å². The second-order valence-electron chi connectivity index (χ2n) is 16.0. The smallest absolute Gasteiger partial charge is 0.309 e. The Kier molecular flexibility index (Phi) is 11.6. The second-order valence-corrected chi connectivity index (χ2v) is 16.7. The zero-order valence-electron chi connectivity index (χ0n) is 34.5. The number of anilines is 4. The van der Waals surface area contributed by atoms with Gasteiger partial charge in [0.15, 0.2) is 0 Å². The molecule has 0 saturated carbocycles. The third-order valence-electron chi connectivity index (χ3n) is 12.1. The minimum atomic E-state index is -0.459. The van der Waals surface area contributed by atoms with Gasteiger partial charge in [0.1, 0.15) is 33.4 Å². The third-order valence-corrected chi connectivity index (χ3v) is 12.7. The number of esters is 1. The molecule has 0 aliphatic carbocycles. The lowest BCUT2D eigenvalue weighted by atomic mass is 9.75. The quantitative estimate of drug-likeness (QED) is 0.0798. The van der Waals surface area contributed by atoms with Crippen LogP contribution in [0.1, 0.15) is 75.5 Å². The average Bonchev–Trinajstić information content (AvgIpc) is 3.70. The lowest BCUT2D eigenvalue weighted by molar-refractivity contribution is -0.150. The molecule has 1 unspecified atom stereocenters. The van der Waals surface area contributed by atoms with Crippen LogP contribution in [-0.2, 0) is 34.6 Å². The Bertz CT molecular complexity index is 2430. The van der Waals surface area contributed by atoms with Crippen molar-refractivity contribution in [1.82, 2.24) is 34.8 Å². The summed E-state index contributed by atoms with van der Waals surface area (Å²) in [5.41, 5.74) is 20.0. The van der Waals surface area contributed by atoms with E-state index in [4.69, 9.17) is 58.8 Å². The predicted octanol–water partition coefficient (Wildman–Crippen LogP) is 6.40. The Morgan fingerprint density at radius 3 is 2.12 bits per heavy atom. The number of fused-ring (bicyclic) bond motifs is 3. The number of aromatic nitrogens is 6. The molecule has 1 aromatic carbocycles. The van der Waals surface area contributed by atoms with Gasteiger partial charge in [0, 0.05) is 76.7 Å². The Labute approximate surface area is 359 Å². The molecule has 3 aliphatic rings. The van der Waals surface area contributed by atoms with Crippen LogP contribution in [-0.4, -0.2) is 80.9 Å². The minimum absolute atomic E-state index is 0.0245. The fourth-order valence-corrected chi connectivity index (χ4v) is 9.79. The van der Waals surface area contributed by atoms with E-state index in [1.807, 2.05) is 38.7 Å². The molecule has 1 spiro atoms. The number of hydrogen-bond acceptors (Lipinski definition) is 15. The van der Waals surface area contributed by atoms with Crippen LogP contribution >= 0.6 is 23.2 Å². The highest BCUT2D eigenvalue weighted by atomic mass is 35.5. The van der Waals surface area contributed by atoms with Gasteiger partial charge < -0.3 is 35.5 Å². The largest absolute Gasteiger partial charge is 0.496 e. The van der Waals surface area contributed by atoms with Crippen LogP contribution in [0.4, 0.5) is 23.5 Å². The lowest BCUT2D eigenvalue weighted by Crippen LogP contribution is -2.45. The SMILES string of the molecule is COc1c(C)cnc(CN2CC(CC(=O)OCOc3c(C)cnc(CN4CC5(CCN(Cc6ccccc6)CC5)c5c(Cl)nc(N)nc54)c3C)c3c(Cl)nc(N)nc32)c1C. The zero-order valence-corrected chi connectivity index (χ0v) is 36.0. The first kappa shape index (κ1) is 41.2. The summed E-state index contributed by atoms with van der Waals surface area (Å²) in [6.45, 7) is 12.2. The van der Waals surface area contributed by atoms with Gasteiger partial charge in [-0.1, -0.05) is 53.5 Å². The van der Waals surface area contributed by atoms with E-state index in [1.165, 1.54) is 5.56 Å². The van der Waals surface area contributed by atoms with Crippen molar-refractivity contribution in [2.75, 3.05) is 61.3 Å². The van der Waals surface area contributed by atoms with Gasteiger partial charge in [-0.15, -0.1) is 0 Å². The van der Waals surface area contributed by atoms with Crippen molar-refractivity contribution in [3.63, 3.8) is 0 Å². The number of nitrogen functional groups attached to an aromatic ring is 2. The molecule has 0 radical (unpaired) electrons. The van der Waals surface area contributed by atoms with Gasteiger partial charge in [-0.2, -0.15) is 9.97 Å². The molecule has 0 bridgehead atoms. The van der Waals surface area contributed by atoms with Gasteiger partial charge in [-0.3, -0.25) is 19.7 Å². The van der Waals surface area contributed by atoms with Crippen molar-refractivity contribution < 1.29 is 19.0 Å². The number of piperidine rings is 1. The van der Waals surface area contributed by atoms with Crippen LogP contribution in [0.5, 0.6) is 11.5 Å². The number of ether oxygens (including phenoxy) is 3. The summed E-state index contributed by atoms with van der Waals surface area (Å²) in [6, 6.07) is 10.5. The highest BCUT2D eigenvalue weighted by molar-refractivity contribution is 6.31. The first-order valence-corrected chi connectivity index (χ1v) is 20.7. The van der Waals surface area contributed by atoms with Gasteiger partial charge in [0.2, 0.25) is 18.7 Å². The summed E-state index contributed by atoms with van der Waals surface area (Å²) in [5, 5.41) is 0.606. The van der Waals surface area contributed by atoms with Crippen LogP contribution in [0.15, 0.2) is 42.7 Å². The summed E-state index contributed by atoms with van der Waals surface area (Å²) < 4.78 is 17.5. The molecule has 3 aliphatic heterocycles. The number of hydrogen-bond donors (Lipinski definition) is 2. The number of pyridine rings is 2. The van der Waals surface area contributed by atoms with Crippen molar-refractivity contribution in [3.05, 3.63) is 103 Å².